The summed E-state index contributed by atoms with van der Waals surface area (Å²) in [5.41, 5.74) is 1.45. The Morgan fingerprint density at radius 1 is 1.14 bits per heavy atom. The van der Waals surface area contributed by atoms with E-state index in [0.29, 0.717) is 18.1 Å². The summed E-state index contributed by atoms with van der Waals surface area (Å²) in [6, 6.07) is 8.57. The van der Waals surface area contributed by atoms with Crippen molar-refractivity contribution in [3.8, 4) is 0 Å². The molecule has 22 heavy (non-hydrogen) atoms. The molecule has 1 heterocycles. The van der Waals surface area contributed by atoms with Crippen LogP contribution in [0.5, 0.6) is 0 Å². The van der Waals surface area contributed by atoms with Gasteiger partial charge in [0.15, 0.2) is 0 Å². The van der Waals surface area contributed by atoms with Crippen LogP contribution in [0.15, 0.2) is 30.3 Å². The molecule has 2 rings (SSSR count). The highest BCUT2D eigenvalue weighted by Gasteiger charge is 2.04. The third kappa shape index (κ3) is 4.96. The molecule has 5 nitrogen and oxygen atoms in total. The van der Waals surface area contributed by atoms with Gasteiger partial charge in [-0.05, 0) is 27.1 Å². The Hall–Kier alpha value is -2.21. The molecule has 1 aromatic carbocycles. The van der Waals surface area contributed by atoms with E-state index in [1.165, 1.54) is 6.07 Å². The lowest BCUT2D eigenvalue weighted by Crippen LogP contribution is -2.21. The zero-order valence-electron chi connectivity index (χ0n) is 13.2. The quantitative estimate of drug-likeness (QED) is 0.823. The van der Waals surface area contributed by atoms with Crippen molar-refractivity contribution < 1.29 is 4.39 Å². The lowest BCUT2D eigenvalue weighted by Gasteiger charge is -2.12. The molecular formula is C16H22FN5. The summed E-state index contributed by atoms with van der Waals surface area (Å²) in [6.07, 6.45) is 0. The van der Waals surface area contributed by atoms with Gasteiger partial charge in [0.2, 0.25) is 5.95 Å². The average molecular weight is 303 g/mol. The van der Waals surface area contributed by atoms with Crippen molar-refractivity contribution in [2.24, 2.45) is 0 Å². The molecule has 0 aliphatic heterocycles. The van der Waals surface area contributed by atoms with Gasteiger partial charge in [0.05, 0.1) is 0 Å². The monoisotopic (exact) mass is 303 g/mol. The second kappa shape index (κ2) is 7.70. The summed E-state index contributed by atoms with van der Waals surface area (Å²) < 4.78 is 13.6. The molecule has 0 unspecified atom stereocenters. The lowest BCUT2D eigenvalue weighted by molar-refractivity contribution is 0.425. The van der Waals surface area contributed by atoms with Gasteiger partial charge in [0, 0.05) is 37.0 Å². The zero-order valence-corrected chi connectivity index (χ0v) is 13.2. The standard InChI is InChI=1S/C16H22FN5/c1-12-10-15(18-8-9-22(2)3)21-16(20-12)19-11-13-6-4-5-7-14(13)17/h4-7,10H,8-9,11H2,1-3H3,(H2,18,19,20,21). The van der Waals surface area contributed by atoms with Crippen molar-refractivity contribution in [2.75, 3.05) is 37.8 Å². The topological polar surface area (TPSA) is 53.1 Å². The van der Waals surface area contributed by atoms with Crippen LogP contribution in [-0.2, 0) is 6.54 Å². The number of likely N-dealkylation sites (N-methyl/N-ethyl adjacent to an activating group) is 1. The summed E-state index contributed by atoms with van der Waals surface area (Å²) in [6.45, 7) is 3.98. The Balaban J connectivity index is 1.99. The van der Waals surface area contributed by atoms with Gasteiger partial charge in [-0.2, -0.15) is 4.98 Å². The highest BCUT2D eigenvalue weighted by molar-refractivity contribution is 5.42. The Bertz CT molecular complexity index is 615. The fourth-order valence-electron chi connectivity index (χ4n) is 1.96. The minimum Gasteiger partial charge on any atom is -0.369 e. The first-order valence-electron chi connectivity index (χ1n) is 7.26. The number of aromatic nitrogens is 2. The van der Waals surface area contributed by atoms with Gasteiger partial charge in [-0.25, -0.2) is 9.37 Å². The van der Waals surface area contributed by atoms with Crippen LogP contribution in [0.3, 0.4) is 0 Å². The van der Waals surface area contributed by atoms with Crippen LogP contribution in [0.25, 0.3) is 0 Å². The van der Waals surface area contributed by atoms with Crippen LogP contribution in [0.2, 0.25) is 0 Å². The van der Waals surface area contributed by atoms with Crippen molar-refractivity contribution in [3.63, 3.8) is 0 Å². The molecule has 2 N–H and O–H groups in total. The number of aryl methyl sites for hydroxylation is 1. The fraction of sp³-hybridized carbons (Fsp3) is 0.375. The van der Waals surface area contributed by atoms with Gasteiger partial charge >= 0.3 is 0 Å². The number of hydrogen-bond donors (Lipinski definition) is 2. The van der Waals surface area contributed by atoms with Gasteiger partial charge in [-0.15, -0.1) is 0 Å². The molecule has 0 amide bonds. The Labute approximate surface area is 130 Å². The molecule has 0 aliphatic carbocycles. The van der Waals surface area contributed by atoms with Crippen LogP contribution in [0, 0.1) is 12.7 Å². The number of benzene rings is 1. The fourth-order valence-corrected chi connectivity index (χ4v) is 1.96. The van der Waals surface area contributed by atoms with Gasteiger partial charge in [-0.3, -0.25) is 0 Å². The first kappa shape index (κ1) is 16.2. The Morgan fingerprint density at radius 3 is 2.64 bits per heavy atom. The highest BCUT2D eigenvalue weighted by Crippen LogP contribution is 2.12. The van der Waals surface area contributed by atoms with Crippen LogP contribution in [0.4, 0.5) is 16.2 Å². The van der Waals surface area contributed by atoms with E-state index in [1.54, 1.807) is 12.1 Å². The van der Waals surface area contributed by atoms with E-state index >= 15 is 0 Å². The van der Waals surface area contributed by atoms with Crippen LogP contribution >= 0.6 is 0 Å². The predicted molar refractivity (Wildman–Crippen MR) is 87.5 cm³/mol. The molecule has 1 aromatic heterocycles. The van der Waals surface area contributed by atoms with E-state index in [0.717, 1.165) is 24.6 Å². The van der Waals surface area contributed by atoms with E-state index in [2.05, 4.69) is 25.5 Å². The molecule has 0 atom stereocenters. The smallest absolute Gasteiger partial charge is 0.225 e. The second-order valence-corrected chi connectivity index (χ2v) is 5.39. The van der Waals surface area contributed by atoms with Crippen molar-refractivity contribution in [1.29, 1.82) is 0 Å². The average Bonchev–Trinajstić information content (AvgIpc) is 2.45. The third-order valence-electron chi connectivity index (χ3n) is 3.11. The number of hydrogen-bond acceptors (Lipinski definition) is 5. The lowest BCUT2D eigenvalue weighted by atomic mass is 10.2. The van der Waals surface area contributed by atoms with E-state index in [1.807, 2.05) is 33.2 Å². The number of nitrogens with zero attached hydrogens (tertiary/aromatic N) is 3. The van der Waals surface area contributed by atoms with E-state index in [9.17, 15) is 4.39 Å². The summed E-state index contributed by atoms with van der Waals surface area (Å²) in [4.78, 5) is 10.8. The summed E-state index contributed by atoms with van der Waals surface area (Å²) >= 11 is 0. The van der Waals surface area contributed by atoms with Crippen molar-refractivity contribution in [1.82, 2.24) is 14.9 Å². The number of anilines is 2. The Kier molecular flexibility index (Phi) is 5.66. The van der Waals surface area contributed by atoms with Gasteiger partial charge in [0.1, 0.15) is 11.6 Å². The molecule has 2 aromatic rings. The van der Waals surface area contributed by atoms with Gasteiger partial charge in [0.25, 0.3) is 0 Å². The first-order valence-corrected chi connectivity index (χ1v) is 7.26. The molecule has 0 fully saturated rings. The van der Waals surface area contributed by atoms with Crippen molar-refractivity contribution in [3.05, 3.63) is 47.4 Å². The Morgan fingerprint density at radius 2 is 1.91 bits per heavy atom. The molecule has 0 saturated carbocycles. The maximum Gasteiger partial charge on any atom is 0.225 e. The molecular weight excluding hydrogens is 281 g/mol. The first-order chi connectivity index (χ1) is 10.5. The summed E-state index contributed by atoms with van der Waals surface area (Å²) in [7, 11) is 4.04. The van der Waals surface area contributed by atoms with Gasteiger partial charge < -0.3 is 15.5 Å². The predicted octanol–water partition coefficient (Wildman–Crippen LogP) is 2.51. The minimum absolute atomic E-state index is 0.230. The number of rotatable bonds is 7. The van der Waals surface area contributed by atoms with Crippen molar-refractivity contribution >= 4 is 11.8 Å². The number of nitrogens with one attached hydrogen (secondary N) is 2. The summed E-state index contributed by atoms with van der Waals surface area (Å²) in [5, 5.41) is 6.33. The normalized spacial score (nSPS) is 10.8. The zero-order chi connectivity index (χ0) is 15.9. The molecule has 118 valence electrons. The highest BCUT2D eigenvalue weighted by atomic mass is 19.1. The van der Waals surface area contributed by atoms with Crippen LogP contribution in [0.1, 0.15) is 11.3 Å². The maximum atomic E-state index is 13.6. The SMILES string of the molecule is Cc1cc(NCCN(C)C)nc(NCc2ccccc2F)n1. The van der Waals surface area contributed by atoms with E-state index in [4.69, 9.17) is 0 Å². The minimum atomic E-state index is -0.230. The largest absolute Gasteiger partial charge is 0.369 e. The second-order valence-electron chi connectivity index (χ2n) is 5.39. The van der Waals surface area contributed by atoms with Gasteiger partial charge in [-0.1, -0.05) is 18.2 Å². The van der Waals surface area contributed by atoms with E-state index < -0.39 is 0 Å². The summed E-state index contributed by atoms with van der Waals surface area (Å²) in [5.74, 6) is 1.04. The third-order valence-corrected chi connectivity index (χ3v) is 3.11. The molecule has 0 radical (unpaired) electrons. The number of halogens is 1. The molecule has 0 aliphatic rings. The molecule has 0 spiro atoms. The molecule has 0 saturated heterocycles. The van der Waals surface area contributed by atoms with Crippen LogP contribution < -0.4 is 10.6 Å². The van der Waals surface area contributed by atoms with E-state index in [-0.39, 0.29) is 5.82 Å². The molecule has 6 heteroatoms. The van der Waals surface area contributed by atoms with Crippen LogP contribution in [-0.4, -0.2) is 42.1 Å². The molecule has 0 bridgehead atoms. The van der Waals surface area contributed by atoms with Crippen molar-refractivity contribution in [2.45, 2.75) is 13.5 Å². The maximum absolute atomic E-state index is 13.6.